The molecule has 0 aliphatic carbocycles. The molecule has 132 valence electrons. The fourth-order valence-electron chi connectivity index (χ4n) is 2.79. The molecular weight excluding hydrogens is 346 g/mol. The Morgan fingerprint density at radius 3 is 2.23 bits per heavy atom. The molecule has 1 amide bonds. The third-order valence-corrected chi connectivity index (χ3v) is 4.53. The number of rotatable bonds is 5. The van der Waals surface area contributed by atoms with Crippen LogP contribution in [0, 0.1) is 6.92 Å². The zero-order chi connectivity index (χ0) is 18.5. The van der Waals surface area contributed by atoms with Gasteiger partial charge in [-0.1, -0.05) is 71.8 Å². The highest BCUT2D eigenvalue weighted by Crippen LogP contribution is 2.26. The van der Waals surface area contributed by atoms with Crippen molar-refractivity contribution in [3.63, 3.8) is 0 Å². The molecule has 1 N–H and O–H groups in total. The first-order chi connectivity index (χ1) is 12.6. The molecule has 3 aromatic rings. The zero-order valence-corrected chi connectivity index (χ0v) is 15.5. The highest BCUT2D eigenvalue weighted by atomic mass is 35.5. The molecule has 4 heteroatoms. The van der Waals surface area contributed by atoms with E-state index in [0.29, 0.717) is 16.3 Å². The molecule has 0 saturated heterocycles. The first-order valence-electron chi connectivity index (χ1n) is 8.34. The number of hydrogen-bond donors (Lipinski definition) is 1. The van der Waals surface area contributed by atoms with Crippen LogP contribution in [0.15, 0.2) is 72.8 Å². The first-order valence-corrected chi connectivity index (χ1v) is 8.72. The molecule has 0 heterocycles. The standard InChI is InChI=1S/C22H20ClNO2/c1-15-8-10-17(11-9-15)21(16-6-4-3-5-7-16)24-22(25)18-12-13-20(26-2)19(23)14-18/h3-14,21H,1-2H3,(H,24,25). The lowest BCUT2D eigenvalue weighted by atomic mass is 9.97. The molecular formula is C22H20ClNO2. The van der Waals surface area contributed by atoms with Crippen molar-refractivity contribution in [2.75, 3.05) is 7.11 Å². The topological polar surface area (TPSA) is 38.3 Å². The predicted octanol–water partition coefficient (Wildman–Crippen LogP) is 5.18. The Labute approximate surface area is 158 Å². The van der Waals surface area contributed by atoms with Crippen LogP contribution in [0.25, 0.3) is 0 Å². The van der Waals surface area contributed by atoms with Crippen molar-refractivity contribution in [3.8, 4) is 5.75 Å². The molecule has 0 aromatic heterocycles. The van der Waals surface area contributed by atoms with E-state index in [0.717, 1.165) is 11.1 Å². The minimum absolute atomic E-state index is 0.191. The lowest BCUT2D eigenvalue weighted by Crippen LogP contribution is -2.29. The minimum Gasteiger partial charge on any atom is -0.495 e. The predicted molar refractivity (Wildman–Crippen MR) is 105 cm³/mol. The maximum absolute atomic E-state index is 12.8. The Kier molecular flexibility index (Phi) is 5.59. The second-order valence-corrected chi connectivity index (χ2v) is 6.48. The zero-order valence-electron chi connectivity index (χ0n) is 14.7. The quantitative estimate of drug-likeness (QED) is 0.676. The summed E-state index contributed by atoms with van der Waals surface area (Å²) in [6, 6.07) is 22.8. The number of halogens is 1. The van der Waals surface area contributed by atoms with Gasteiger partial charge in [0.05, 0.1) is 18.2 Å². The average Bonchev–Trinajstić information content (AvgIpc) is 2.67. The number of methoxy groups -OCH3 is 1. The number of aryl methyl sites for hydroxylation is 1. The van der Waals surface area contributed by atoms with Gasteiger partial charge in [-0.15, -0.1) is 0 Å². The maximum Gasteiger partial charge on any atom is 0.252 e. The van der Waals surface area contributed by atoms with Crippen LogP contribution in [0.3, 0.4) is 0 Å². The summed E-state index contributed by atoms with van der Waals surface area (Å²) in [5, 5.41) is 3.52. The molecule has 3 rings (SSSR count). The summed E-state index contributed by atoms with van der Waals surface area (Å²) in [6.07, 6.45) is 0. The average molecular weight is 366 g/mol. The Balaban J connectivity index is 1.91. The van der Waals surface area contributed by atoms with Gasteiger partial charge in [-0.05, 0) is 36.2 Å². The molecule has 0 fully saturated rings. The van der Waals surface area contributed by atoms with Crippen LogP contribution in [0.2, 0.25) is 5.02 Å². The SMILES string of the molecule is COc1ccc(C(=O)NC(c2ccccc2)c2ccc(C)cc2)cc1Cl. The van der Waals surface area contributed by atoms with Crippen molar-refractivity contribution in [2.45, 2.75) is 13.0 Å². The largest absolute Gasteiger partial charge is 0.495 e. The highest BCUT2D eigenvalue weighted by molar-refractivity contribution is 6.32. The van der Waals surface area contributed by atoms with E-state index in [2.05, 4.69) is 5.32 Å². The van der Waals surface area contributed by atoms with E-state index in [9.17, 15) is 4.79 Å². The fraction of sp³-hybridized carbons (Fsp3) is 0.136. The van der Waals surface area contributed by atoms with Crippen LogP contribution < -0.4 is 10.1 Å². The van der Waals surface area contributed by atoms with E-state index in [1.54, 1.807) is 25.3 Å². The number of benzene rings is 3. The van der Waals surface area contributed by atoms with Gasteiger partial charge >= 0.3 is 0 Å². The molecule has 3 nitrogen and oxygen atoms in total. The van der Waals surface area contributed by atoms with Crippen LogP contribution in [0.5, 0.6) is 5.75 Å². The summed E-state index contributed by atoms with van der Waals surface area (Å²) in [4.78, 5) is 12.8. The summed E-state index contributed by atoms with van der Waals surface area (Å²) in [5.41, 5.74) is 3.71. The van der Waals surface area contributed by atoms with Gasteiger partial charge in [-0.2, -0.15) is 0 Å². The van der Waals surface area contributed by atoms with Crippen molar-refractivity contribution in [3.05, 3.63) is 100 Å². The van der Waals surface area contributed by atoms with Crippen LogP contribution >= 0.6 is 11.6 Å². The fourth-order valence-corrected chi connectivity index (χ4v) is 3.04. The molecule has 26 heavy (non-hydrogen) atoms. The van der Waals surface area contributed by atoms with E-state index in [-0.39, 0.29) is 11.9 Å². The van der Waals surface area contributed by atoms with Gasteiger partial charge in [-0.25, -0.2) is 0 Å². The summed E-state index contributed by atoms with van der Waals surface area (Å²) in [6.45, 7) is 2.04. The minimum atomic E-state index is -0.245. The van der Waals surface area contributed by atoms with Crippen molar-refractivity contribution < 1.29 is 9.53 Å². The summed E-state index contributed by atoms with van der Waals surface area (Å²) >= 11 is 6.16. The van der Waals surface area contributed by atoms with Crippen LogP contribution in [-0.4, -0.2) is 13.0 Å². The number of carbonyl (C=O) groups is 1. The van der Waals surface area contributed by atoms with Gasteiger partial charge < -0.3 is 10.1 Å². The Morgan fingerprint density at radius 1 is 0.962 bits per heavy atom. The third kappa shape index (κ3) is 4.06. The van der Waals surface area contributed by atoms with E-state index in [1.165, 1.54) is 5.56 Å². The molecule has 1 unspecified atom stereocenters. The molecule has 1 atom stereocenters. The number of amides is 1. The third-order valence-electron chi connectivity index (χ3n) is 4.23. The Bertz CT molecular complexity index is 892. The highest BCUT2D eigenvalue weighted by Gasteiger charge is 2.18. The van der Waals surface area contributed by atoms with Crippen LogP contribution in [-0.2, 0) is 0 Å². The maximum atomic E-state index is 12.8. The van der Waals surface area contributed by atoms with Crippen molar-refractivity contribution in [1.29, 1.82) is 0 Å². The molecule has 0 bridgehead atoms. The number of carbonyl (C=O) groups excluding carboxylic acids is 1. The molecule has 3 aromatic carbocycles. The Morgan fingerprint density at radius 2 is 1.62 bits per heavy atom. The Hall–Kier alpha value is -2.78. The number of nitrogens with one attached hydrogen (secondary N) is 1. The molecule has 0 aliphatic heterocycles. The van der Waals surface area contributed by atoms with Gasteiger partial charge in [0.15, 0.2) is 0 Å². The monoisotopic (exact) mass is 365 g/mol. The molecule has 0 spiro atoms. The van der Waals surface area contributed by atoms with E-state index < -0.39 is 0 Å². The number of ether oxygens (including phenoxy) is 1. The van der Waals surface area contributed by atoms with Crippen molar-refractivity contribution in [2.24, 2.45) is 0 Å². The molecule has 0 radical (unpaired) electrons. The van der Waals surface area contributed by atoms with Crippen molar-refractivity contribution in [1.82, 2.24) is 5.32 Å². The van der Waals surface area contributed by atoms with Gasteiger partial charge in [0.1, 0.15) is 5.75 Å². The van der Waals surface area contributed by atoms with Gasteiger partial charge in [0.25, 0.3) is 5.91 Å². The van der Waals surface area contributed by atoms with E-state index in [4.69, 9.17) is 16.3 Å². The van der Waals surface area contributed by atoms with Crippen LogP contribution in [0.4, 0.5) is 0 Å². The molecule has 0 aliphatic rings. The smallest absolute Gasteiger partial charge is 0.252 e. The summed E-state index contributed by atoms with van der Waals surface area (Å²) < 4.78 is 5.15. The van der Waals surface area contributed by atoms with Gasteiger partial charge in [0, 0.05) is 5.56 Å². The number of hydrogen-bond acceptors (Lipinski definition) is 2. The van der Waals surface area contributed by atoms with E-state index in [1.807, 2.05) is 61.5 Å². The lowest BCUT2D eigenvalue weighted by Gasteiger charge is -2.20. The summed E-state index contributed by atoms with van der Waals surface area (Å²) in [7, 11) is 1.55. The van der Waals surface area contributed by atoms with E-state index >= 15 is 0 Å². The van der Waals surface area contributed by atoms with Crippen molar-refractivity contribution >= 4 is 17.5 Å². The first kappa shape index (κ1) is 18.0. The summed E-state index contributed by atoms with van der Waals surface area (Å²) in [5.74, 6) is 0.352. The van der Waals surface area contributed by atoms with Crippen LogP contribution in [0.1, 0.15) is 33.1 Å². The molecule has 0 saturated carbocycles. The normalized spacial score (nSPS) is 11.7. The second kappa shape index (κ2) is 8.07. The second-order valence-electron chi connectivity index (χ2n) is 6.08. The lowest BCUT2D eigenvalue weighted by molar-refractivity contribution is 0.0943. The van der Waals surface area contributed by atoms with Gasteiger partial charge in [-0.3, -0.25) is 4.79 Å². The van der Waals surface area contributed by atoms with Gasteiger partial charge in [0.2, 0.25) is 0 Å².